The topological polar surface area (TPSA) is 81.8 Å². The number of carbonyl (C=O) groups excluding carboxylic acids is 3. The number of benzene rings is 3. The summed E-state index contributed by atoms with van der Waals surface area (Å²) in [6.45, 7) is 1.90. The molecule has 1 fully saturated rings. The van der Waals surface area contributed by atoms with E-state index in [0.717, 1.165) is 42.6 Å². The molecule has 6 rings (SSSR count). The van der Waals surface area contributed by atoms with Crippen LogP contribution in [-0.2, 0) is 11.2 Å². The average molecular weight is 553 g/mol. The van der Waals surface area contributed by atoms with Crippen molar-refractivity contribution in [1.29, 1.82) is 0 Å². The van der Waals surface area contributed by atoms with E-state index < -0.39 is 11.7 Å². The summed E-state index contributed by atoms with van der Waals surface area (Å²) in [5.41, 5.74) is 4.99. The molecule has 3 aromatic carbocycles. The molecule has 0 bridgehead atoms. The number of nitrogens with one attached hydrogen (secondary N) is 2. The maximum atomic E-state index is 14.0. The summed E-state index contributed by atoms with van der Waals surface area (Å²) >= 11 is 0. The van der Waals surface area contributed by atoms with Gasteiger partial charge in [-0.2, -0.15) is 0 Å². The molecule has 1 unspecified atom stereocenters. The first-order valence-electron chi connectivity index (χ1n) is 14.0. The lowest BCUT2D eigenvalue weighted by Crippen LogP contribution is -2.34. The van der Waals surface area contributed by atoms with Crippen LogP contribution in [0.15, 0.2) is 83.9 Å². The summed E-state index contributed by atoms with van der Waals surface area (Å²) < 4.78 is 14.0. The molecule has 2 N–H and O–H groups in total. The second-order valence-electron chi connectivity index (χ2n) is 11.4. The fourth-order valence-electron chi connectivity index (χ4n) is 6.54. The van der Waals surface area contributed by atoms with Crippen molar-refractivity contribution in [2.75, 3.05) is 43.9 Å². The van der Waals surface area contributed by atoms with E-state index in [1.54, 1.807) is 30.3 Å². The largest absolute Gasteiger partial charge is 0.351 e. The third-order valence-corrected chi connectivity index (χ3v) is 8.64. The molecule has 3 amide bonds. The molecule has 0 saturated heterocycles. The first kappa shape index (κ1) is 26.9. The highest BCUT2D eigenvalue weighted by Crippen LogP contribution is 2.70. The van der Waals surface area contributed by atoms with Gasteiger partial charge in [0, 0.05) is 53.5 Å². The lowest BCUT2D eigenvalue weighted by atomic mass is 9.91. The normalized spacial score (nSPS) is 20.6. The summed E-state index contributed by atoms with van der Waals surface area (Å²) in [6.07, 6.45) is 2.52. The van der Waals surface area contributed by atoms with E-state index in [-0.39, 0.29) is 28.7 Å². The summed E-state index contributed by atoms with van der Waals surface area (Å²) in [5.74, 6) is -1.11. The first-order valence-corrected chi connectivity index (χ1v) is 14.0. The highest BCUT2D eigenvalue weighted by molar-refractivity contribution is 6.08. The standard InChI is InChI=1S/C33H33FN4O3/c1-37(2)18-17-35-30(39)25-15-16-33-19-22-7-3-6-10-28(22)38(20-26(33)29(25)33)32(41)21-11-13-23(14-12-21)36-31(40)24-8-4-5-9-27(24)34/h3-14,26H,15-20H2,1-2H3,(H,35,39)(H,36,40)/t26?,33-/m1/s1. The minimum Gasteiger partial charge on any atom is -0.351 e. The number of hydrogen-bond acceptors (Lipinski definition) is 4. The zero-order valence-corrected chi connectivity index (χ0v) is 23.2. The minimum atomic E-state index is -0.594. The van der Waals surface area contributed by atoms with Gasteiger partial charge in [0.1, 0.15) is 5.82 Å². The molecular weight excluding hydrogens is 519 g/mol. The van der Waals surface area contributed by atoms with Crippen LogP contribution in [0.2, 0.25) is 0 Å². The van der Waals surface area contributed by atoms with Gasteiger partial charge < -0.3 is 20.4 Å². The Bertz CT molecular complexity index is 1560. The quantitative estimate of drug-likeness (QED) is 0.447. The maximum absolute atomic E-state index is 14.0. The zero-order valence-electron chi connectivity index (χ0n) is 23.2. The van der Waals surface area contributed by atoms with Crippen molar-refractivity contribution in [3.05, 3.63) is 106 Å². The van der Waals surface area contributed by atoms with Gasteiger partial charge in [-0.25, -0.2) is 4.39 Å². The maximum Gasteiger partial charge on any atom is 0.258 e. The minimum absolute atomic E-state index is 0.0194. The smallest absolute Gasteiger partial charge is 0.258 e. The van der Waals surface area contributed by atoms with Gasteiger partial charge in [0.15, 0.2) is 0 Å². The van der Waals surface area contributed by atoms with Crippen molar-refractivity contribution < 1.29 is 18.8 Å². The molecule has 0 radical (unpaired) electrons. The number of anilines is 2. The third kappa shape index (κ3) is 4.93. The molecule has 2 aliphatic carbocycles. The van der Waals surface area contributed by atoms with E-state index in [4.69, 9.17) is 0 Å². The third-order valence-electron chi connectivity index (χ3n) is 8.64. The Morgan fingerprint density at radius 2 is 1.71 bits per heavy atom. The van der Waals surface area contributed by atoms with Crippen LogP contribution in [0.1, 0.15) is 39.1 Å². The van der Waals surface area contributed by atoms with Crippen molar-refractivity contribution in [3.8, 4) is 0 Å². The van der Waals surface area contributed by atoms with Gasteiger partial charge in [-0.15, -0.1) is 0 Å². The van der Waals surface area contributed by atoms with Gasteiger partial charge in [-0.1, -0.05) is 30.3 Å². The Morgan fingerprint density at radius 3 is 2.46 bits per heavy atom. The number of rotatable bonds is 7. The second-order valence-corrected chi connectivity index (χ2v) is 11.4. The Kier molecular flexibility index (Phi) is 6.95. The monoisotopic (exact) mass is 552 g/mol. The van der Waals surface area contributed by atoms with Gasteiger partial charge >= 0.3 is 0 Å². The van der Waals surface area contributed by atoms with Crippen LogP contribution in [0.25, 0.3) is 0 Å². The summed E-state index contributed by atoms with van der Waals surface area (Å²) in [5, 5.41) is 5.77. The van der Waals surface area contributed by atoms with Crippen LogP contribution in [0.5, 0.6) is 0 Å². The number of halogens is 1. The average Bonchev–Trinajstić information content (AvgIpc) is 3.44. The van der Waals surface area contributed by atoms with Gasteiger partial charge in [0.2, 0.25) is 5.91 Å². The fraction of sp³-hybridized carbons (Fsp3) is 0.303. The predicted octanol–water partition coefficient (Wildman–Crippen LogP) is 4.67. The molecule has 41 heavy (non-hydrogen) atoms. The molecule has 3 aliphatic rings. The highest BCUT2D eigenvalue weighted by atomic mass is 19.1. The molecule has 1 spiro atoms. The van der Waals surface area contributed by atoms with Gasteiger partial charge in [0.05, 0.1) is 5.56 Å². The molecule has 2 atom stereocenters. The van der Waals surface area contributed by atoms with Crippen molar-refractivity contribution in [3.63, 3.8) is 0 Å². The van der Waals surface area contributed by atoms with Crippen LogP contribution in [0.3, 0.4) is 0 Å². The van der Waals surface area contributed by atoms with Crippen LogP contribution in [-0.4, -0.2) is 56.4 Å². The number of likely N-dealkylation sites (N-methyl/N-ethyl adjacent to an activating group) is 1. The molecule has 0 aromatic heterocycles. The molecule has 1 heterocycles. The lowest BCUT2D eigenvalue weighted by Gasteiger charge is -2.24. The van der Waals surface area contributed by atoms with Gasteiger partial charge in [-0.05, 0) is 87.0 Å². The summed E-state index contributed by atoms with van der Waals surface area (Å²) in [7, 11) is 3.96. The Labute approximate surface area is 239 Å². The van der Waals surface area contributed by atoms with E-state index in [1.807, 2.05) is 42.1 Å². The van der Waals surface area contributed by atoms with Gasteiger partial charge in [-0.3, -0.25) is 14.4 Å². The lowest BCUT2D eigenvalue weighted by molar-refractivity contribution is -0.117. The molecule has 1 aliphatic heterocycles. The molecule has 210 valence electrons. The number of carbonyl (C=O) groups is 3. The molecule has 3 aromatic rings. The van der Waals surface area contributed by atoms with Crippen molar-refractivity contribution >= 4 is 29.1 Å². The Morgan fingerprint density at radius 1 is 0.976 bits per heavy atom. The molecule has 7 nitrogen and oxygen atoms in total. The van der Waals surface area contributed by atoms with E-state index >= 15 is 0 Å². The first-order chi connectivity index (χ1) is 19.8. The second kappa shape index (κ2) is 10.6. The van der Waals surface area contributed by atoms with E-state index in [2.05, 4.69) is 16.7 Å². The summed E-state index contributed by atoms with van der Waals surface area (Å²) in [6, 6.07) is 20.5. The number of amides is 3. The van der Waals surface area contributed by atoms with E-state index in [0.29, 0.717) is 24.3 Å². The molecule has 8 heteroatoms. The number of nitrogens with zero attached hydrogens (tertiary/aromatic N) is 2. The van der Waals surface area contributed by atoms with Crippen LogP contribution < -0.4 is 15.5 Å². The van der Waals surface area contributed by atoms with Crippen molar-refractivity contribution in [2.45, 2.75) is 19.3 Å². The summed E-state index contributed by atoms with van der Waals surface area (Å²) in [4.78, 5) is 43.4. The van der Waals surface area contributed by atoms with Crippen LogP contribution >= 0.6 is 0 Å². The fourth-order valence-corrected chi connectivity index (χ4v) is 6.54. The highest BCUT2D eigenvalue weighted by Gasteiger charge is 2.65. The predicted molar refractivity (Wildman–Crippen MR) is 156 cm³/mol. The van der Waals surface area contributed by atoms with E-state index in [9.17, 15) is 18.8 Å². The number of hydrogen-bond donors (Lipinski definition) is 2. The molecular formula is C33H33FN4O3. The molecule has 1 saturated carbocycles. The number of fused-ring (bicyclic) bond motifs is 2. The van der Waals surface area contributed by atoms with Gasteiger partial charge in [0.25, 0.3) is 11.8 Å². The SMILES string of the molecule is CN(C)CCNC(=O)C1=C2C3CN(C(=O)c4ccc(NC(=O)c5ccccc5F)cc4)c4ccccc4C[C@@]23CC1. The number of para-hydroxylation sites is 1. The van der Waals surface area contributed by atoms with Crippen molar-refractivity contribution in [1.82, 2.24) is 10.2 Å². The Hall–Kier alpha value is -4.30. The van der Waals surface area contributed by atoms with Crippen LogP contribution in [0.4, 0.5) is 15.8 Å². The van der Waals surface area contributed by atoms with Crippen molar-refractivity contribution in [2.24, 2.45) is 11.3 Å². The Balaban J connectivity index is 1.22. The van der Waals surface area contributed by atoms with E-state index in [1.165, 1.54) is 23.8 Å². The zero-order chi connectivity index (χ0) is 28.7. The van der Waals surface area contributed by atoms with Crippen LogP contribution in [0, 0.1) is 17.2 Å².